The van der Waals surface area contributed by atoms with Gasteiger partial charge in [-0.25, -0.2) is 9.18 Å². The molecule has 0 aliphatic rings. The summed E-state index contributed by atoms with van der Waals surface area (Å²) in [5.41, 5.74) is 1.57. The summed E-state index contributed by atoms with van der Waals surface area (Å²) in [4.78, 5) is 11.5. The number of hydrogen-bond donors (Lipinski definition) is 1. The van der Waals surface area contributed by atoms with Crippen LogP contribution < -0.4 is 5.32 Å². The van der Waals surface area contributed by atoms with Crippen molar-refractivity contribution in [2.45, 2.75) is 13.0 Å². The molecule has 1 N–H and O–H groups in total. The lowest BCUT2D eigenvalue weighted by Gasteiger charge is -2.18. The fraction of sp³-hybridized carbons (Fsp3) is 0.188. The van der Waals surface area contributed by atoms with Gasteiger partial charge in [0.1, 0.15) is 5.82 Å². The molecule has 2 aromatic carbocycles. The van der Waals surface area contributed by atoms with Crippen LogP contribution in [-0.2, 0) is 4.74 Å². The molecule has 21 heavy (non-hydrogen) atoms. The minimum absolute atomic E-state index is 0.122. The number of anilines is 1. The van der Waals surface area contributed by atoms with Gasteiger partial charge in [-0.15, -0.1) is 0 Å². The van der Waals surface area contributed by atoms with E-state index in [0.717, 1.165) is 10.0 Å². The highest BCUT2D eigenvalue weighted by Gasteiger charge is 2.14. The largest absolute Gasteiger partial charge is 0.465 e. The topological polar surface area (TPSA) is 38.3 Å². The first-order chi connectivity index (χ1) is 10.0. The zero-order valence-electron chi connectivity index (χ0n) is 11.7. The van der Waals surface area contributed by atoms with Crippen LogP contribution in [0.3, 0.4) is 0 Å². The van der Waals surface area contributed by atoms with Crippen molar-refractivity contribution < 1.29 is 13.9 Å². The SMILES string of the molecule is COC(=O)c1ccc(F)c(NC(C)c2ccccc2Br)c1. The molecule has 0 saturated heterocycles. The molecule has 2 aromatic rings. The van der Waals surface area contributed by atoms with E-state index in [0.29, 0.717) is 5.56 Å². The van der Waals surface area contributed by atoms with Crippen LogP contribution in [0.1, 0.15) is 28.9 Å². The summed E-state index contributed by atoms with van der Waals surface area (Å²) in [5.74, 6) is -0.909. The normalized spacial score (nSPS) is 11.8. The van der Waals surface area contributed by atoms with E-state index in [1.165, 1.54) is 25.3 Å². The molecule has 2 rings (SSSR count). The monoisotopic (exact) mass is 351 g/mol. The molecule has 0 saturated carbocycles. The zero-order valence-corrected chi connectivity index (χ0v) is 13.3. The Bertz CT molecular complexity index is 660. The number of ether oxygens (including phenoxy) is 1. The Hall–Kier alpha value is -1.88. The van der Waals surface area contributed by atoms with Crippen LogP contribution in [0.2, 0.25) is 0 Å². The van der Waals surface area contributed by atoms with Crippen molar-refractivity contribution in [3.63, 3.8) is 0 Å². The molecule has 0 aliphatic carbocycles. The first-order valence-electron chi connectivity index (χ1n) is 6.41. The molecule has 3 nitrogen and oxygen atoms in total. The van der Waals surface area contributed by atoms with Crippen LogP contribution in [0.25, 0.3) is 0 Å². The molecule has 5 heteroatoms. The van der Waals surface area contributed by atoms with Crippen molar-refractivity contribution >= 4 is 27.6 Å². The number of methoxy groups -OCH3 is 1. The van der Waals surface area contributed by atoms with Crippen molar-refractivity contribution in [1.29, 1.82) is 0 Å². The Morgan fingerprint density at radius 3 is 2.67 bits per heavy atom. The van der Waals surface area contributed by atoms with Gasteiger partial charge in [-0.1, -0.05) is 34.1 Å². The standard InChI is InChI=1S/C16H15BrFNO2/c1-10(12-5-3-4-6-13(12)17)19-15-9-11(16(20)21-2)7-8-14(15)18/h3-10,19H,1-2H3. The molecule has 0 amide bonds. The first kappa shape index (κ1) is 15.5. The molecule has 0 radical (unpaired) electrons. The van der Waals surface area contributed by atoms with E-state index >= 15 is 0 Å². The second-order valence-electron chi connectivity index (χ2n) is 4.57. The van der Waals surface area contributed by atoms with E-state index in [-0.39, 0.29) is 11.7 Å². The van der Waals surface area contributed by atoms with Gasteiger partial charge in [-0.3, -0.25) is 0 Å². The van der Waals surface area contributed by atoms with Gasteiger partial charge in [-0.05, 0) is 36.8 Å². The Labute approximate surface area is 131 Å². The second-order valence-corrected chi connectivity index (χ2v) is 5.43. The van der Waals surface area contributed by atoms with E-state index in [4.69, 9.17) is 0 Å². The summed E-state index contributed by atoms with van der Waals surface area (Å²) in [6.45, 7) is 1.92. The van der Waals surface area contributed by atoms with Crippen molar-refractivity contribution in [2.75, 3.05) is 12.4 Å². The third-order valence-corrected chi connectivity index (χ3v) is 3.85. The molecule has 110 valence electrons. The van der Waals surface area contributed by atoms with E-state index in [1.807, 2.05) is 31.2 Å². The molecular formula is C16H15BrFNO2. The Morgan fingerprint density at radius 2 is 2.00 bits per heavy atom. The smallest absolute Gasteiger partial charge is 0.337 e. The summed E-state index contributed by atoms with van der Waals surface area (Å²) in [5, 5.41) is 3.07. The third kappa shape index (κ3) is 3.61. The van der Waals surface area contributed by atoms with Crippen LogP contribution in [0.5, 0.6) is 0 Å². The molecule has 1 atom stereocenters. The average Bonchev–Trinajstić information content (AvgIpc) is 2.49. The molecular weight excluding hydrogens is 337 g/mol. The van der Waals surface area contributed by atoms with Crippen molar-refractivity contribution in [3.8, 4) is 0 Å². The molecule has 0 fully saturated rings. The maximum Gasteiger partial charge on any atom is 0.337 e. The molecule has 1 unspecified atom stereocenters. The van der Waals surface area contributed by atoms with E-state index < -0.39 is 11.8 Å². The van der Waals surface area contributed by atoms with Gasteiger partial charge >= 0.3 is 5.97 Å². The summed E-state index contributed by atoms with van der Waals surface area (Å²) >= 11 is 3.47. The zero-order chi connectivity index (χ0) is 15.4. The quantitative estimate of drug-likeness (QED) is 0.821. The fourth-order valence-corrected chi connectivity index (χ4v) is 2.65. The predicted molar refractivity (Wildman–Crippen MR) is 83.9 cm³/mol. The number of rotatable bonds is 4. The van der Waals surface area contributed by atoms with Gasteiger partial charge in [0.15, 0.2) is 0 Å². The minimum atomic E-state index is -0.494. The van der Waals surface area contributed by atoms with Crippen molar-refractivity contribution in [3.05, 3.63) is 63.9 Å². The van der Waals surface area contributed by atoms with Gasteiger partial charge < -0.3 is 10.1 Å². The maximum absolute atomic E-state index is 13.9. The van der Waals surface area contributed by atoms with Crippen LogP contribution in [0.4, 0.5) is 10.1 Å². The summed E-state index contributed by atoms with van der Waals surface area (Å²) in [7, 11) is 1.29. The number of carbonyl (C=O) groups is 1. The third-order valence-electron chi connectivity index (χ3n) is 3.13. The number of nitrogens with one attached hydrogen (secondary N) is 1. The number of hydrogen-bond acceptors (Lipinski definition) is 3. The maximum atomic E-state index is 13.9. The molecule has 0 bridgehead atoms. The Balaban J connectivity index is 2.27. The van der Waals surface area contributed by atoms with Crippen LogP contribution in [0, 0.1) is 5.82 Å². The highest BCUT2D eigenvalue weighted by molar-refractivity contribution is 9.10. The number of benzene rings is 2. The summed E-state index contributed by atoms with van der Waals surface area (Å²) in [6, 6.07) is 11.7. The first-order valence-corrected chi connectivity index (χ1v) is 7.21. The summed E-state index contributed by atoms with van der Waals surface area (Å²) in [6.07, 6.45) is 0. The van der Waals surface area contributed by atoms with Gasteiger partial charge in [0.25, 0.3) is 0 Å². The summed E-state index contributed by atoms with van der Waals surface area (Å²) < 4.78 is 19.5. The highest BCUT2D eigenvalue weighted by Crippen LogP contribution is 2.27. The second kappa shape index (κ2) is 6.72. The predicted octanol–water partition coefficient (Wildman–Crippen LogP) is 4.55. The van der Waals surface area contributed by atoms with E-state index in [1.54, 1.807) is 0 Å². The average molecular weight is 352 g/mol. The van der Waals surface area contributed by atoms with E-state index in [9.17, 15) is 9.18 Å². The van der Waals surface area contributed by atoms with Gasteiger partial charge in [-0.2, -0.15) is 0 Å². The van der Waals surface area contributed by atoms with Gasteiger partial charge in [0.05, 0.1) is 18.4 Å². The molecule has 0 spiro atoms. The number of halogens is 2. The highest BCUT2D eigenvalue weighted by atomic mass is 79.9. The molecule has 0 aromatic heterocycles. The van der Waals surface area contributed by atoms with Crippen molar-refractivity contribution in [1.82, 2.24) is 0 Å². The molecule has 0 heterocycles. The number of esters is 1. The Kier molecular flexibility index (Phi) is 4.96. The van der Waals surface area contributed by atoms with Crippen LogP contribution in [0.15, 0.2) is 46.9 Å². The van der Waals surface area contributed by atoms with Crippen LogP contribution in [-0.4, -0.2) is 13.1 Å². The number of carbonyl (C=O) groups excluding carboxylic acids is 1. The molecule has 0 aliphatic heterocycles. The van der Waals surface area contributed by atoms with Crippen LogP contribution >= 0.6 is 15.9 Å². The lowest BCUT2D eigenvalue weighted by Crippen LogP contribution is -2.10. The lowest BCUT2D eigenvalue weighted by molar-refractivity contribution is 0.0600. The minimum Gasteiger partial charge on any atom is -0.465 e. The van der Waals surface area contributed by atoms with Gasteiger partial charge in [0, 0.05) is 10.5 Å². The lowest BCUT2D eigenvalue weighted by atomic mass is 10.1. The van der Waals surface area contributed by atoms with Gasteiger partial charge in [0.2, 0.25) is 0 Å². The fourth-order valence-electron chi connectivity index (χ4n) is 2.02. The van der Waals surface area contributed by atoms with E-state index in [2.05, 4.69) is 26.0 Å². The van der Waals surface area contributed by atoms with Crippen molar-refractivity contribution in [2.24, 2.45) is 0 Å². The Morgan fingerprint density at radius 1 is 1.29 bits per heavy atom.